The number of non-ortho nitro benzene ring substituents is 1. The smallest absolute Gasteiger partial charge is 0.269 e. The van der Waals surface area contributed by atoms with Crippen molar-refractivity contribution in [2.45, 2.75) is 17.9 Å². The number of amides is 1. The lowest BCUT2D eigenvalue weighted by Gasteiger charge is -2.25. The van der Waals surface area contributed by atoms with Crippen molar-refractivity contribution in [2.24, 2.45) is 0 Å². The number of carbonyl (C=O) groups excluding carboxylic acids is 1. The largest absolute Gasteiger partial charge is 0.335 e. The van der Waals surface area contributed by atoms with Gasteiger partial charge in [0.05, 0.1) is 15.9 Å². The van der Waals surface area contributed by atoms with E-state index in [0.29, 0.717) is 11.1 Å². The minimum absolute atomic E-state index is 0.0392. The lowest BCUT2D eigenvalue weighted by atomic mass is 10.1. The average Bonchev–Trinajstić information content (AvgIpc) is 2.59. The van der Waals surface area contributed by atoms with Gasteiger partial charge in [0.15, 0.2) is 9.84 Å². The molecule has 0 aromatic heterocycles. The van der Waals surface area contributed by atoms with Crippen molar-refractivity contribution < 1.29 is 18.1 Å². The Bertz CT molecular complexity index is 907. The molecule has 0 N–H and O–H groups in total. The van der Waals surface area contributed by atoms with Gasteiger partial charge in [-0.3, -0.25) is 14.9 Å². The Kier molecular flexibility index (Phi) is 5.22. The van der Waals surface area contributed by atoms with E-state index in [0.717, 1.165) is 6.26 Å². The molecule has 0 saturated carbocycles. The van der Waals surface area contributed by atoms with Crippen molar-refractivity contribution in [3.05, 3.63) is 69.8 Å². The lowest BCUT2D eigenvalue weighted by Crippen LogP contribution is -2.29. The zero-order valence-electron chi connectivity index (χ0n) is 14.0. The van der Waals surface area contributed by atoms with Crippen molar-refractivity contribution in [2.75, 3.05) is 13.3 Å². The average molecular weight is 362 g/mol. The molecule has 0 aliphatic rings. The van der Waals surface area contributed by atoms with E-state index in [1.54, 1.807) is 26.1 Å². The summed E-state index contributed by atoms with van der Waals surface area (Å²) >= 11 is 0. The summed E-state index contributed by atoms with van der Waals surface area (Å²) in [4.78, 5) is 24.6. The Hall–Kier alpha value is -2.74. The molecule has 8 heteroatoms. The second kappa shape index (κ2) is 7.02. The molecule has 25 heavy (non-hydrogen) atoms. The SMILES string of the molecule is C[C@H](c1cccc([N+](=O)[O-])c1)N(C)C(=O)c1ccc(S(C)(=O)=O)cc1. The minimum Gasteiger partial charge on any atom is -0.335 e. The van der Waals surface area contributed by atoms with Crippen LogP contribution in [0, 0.1) is 10.1 Å². The van der Waals surface area contributed by atoms with E-state index >= 15 is 0 Å². The Balaban J connectivity index is 2.24. The Morgan fingerprint density at radius 2 is 1.76 bits per heavy atom. The number of hydrogen-bond acceptors (Lipinski definition) is 5. The fraction of sp³-hybridized carbons (Fsp3) is 0.235. The summed E-state index contributed by atoms with van der Waals surface area (Å²) < 4.78 is 23.0. The van der Waals surface area contributed by atoms with E-state index in [1.807, 2.05) is 0 Å². The van der Waals surface area contributed by atoms with Crippen LogP contribution in [0.2, 0.25) is 0 Å². The number of sulfone groups is 1. The zero-order valence-corrected chi connectivity index (χ0v) is 14.9. The molecule has 1 atom stereocenters. The second-order valence-electron chi connectivity index (χ2n) is 5.74. The van der Waals surface area contributed by atoms with E-state index in [4.69, 9.17) is 0 Å². The van der Waals surface area contributed by atoms with E-state index < -0.39 is 14.8 Å². The molecule has 2 aromatic carbocycles. The van der Waals surface area contributed by atoms with Crippen molar-refractivity contribution >= 4 is 21.4 Å². The molecule has 0 aliphatic carbocycles. The van der Waals surface area contributed by atoms with E-state index in [-0.39, 0.29) is 22.5 Å². The Labute approximate surface area is 146 Å². The van der Waals surface area contributed by atoms with Crippen LogP contribution in [0.5, 0.6) is 0 Å². The Morgan fingerprint density at radius 1 is 1.16 bits per heavy atom. The molecule has 0 radical (unpaired) electrons. The monoisotopic (exact) mass is 362 g/mol. The molecule has 132 valence electrons. The molecule has 0 fully saturated rings. The first-order valence-electron chi connectivity index (χ1n) is 7.43. The highest BCUT2D eigenvalue weighted by Crippen LogP contribution is 2.24. The predicted molar refractivity (Wildman–Crippen MR) is 93.2 cm³/mol. The molecule has 7 nitrogen and oxygen atoms in total. The highest BCUT2D eigenvalue weighted by Gasteiger charge is 2.21. The number of nitro groups is 1. The maximum absolute atomic E-state index is 12.6. The first-order valence-corrected chi connectivity index (χ1v) is 9.32. The highest BCUT2D eigenvalue weighted by molar-refractivity contribution is 7.90. The molecule has 1 amide bonds. The summed E-state index contributed by atoms with van der Waals surface area (Å²) in [6.45, 7) is 1.77. The van der Waals surface area contributed by atoms with Gasteiger partial charge in [0.25, 0.3) is 11.6 Å². The maximum atomic E-state index is 12.6. The molecule has 0 aliphatic heterocycles. The van der Waals surface area contributed by atoms with Crippen LogP contribution in [-0.2, 0) is 9.84 Å². The van der Waals surface area contributed by atoms with Gasteiger partial charge >= 0.3 is 0 Å². The molecular formula is C17H18N2O5S. The fourth-order valence-corrected chi connectivity index (χ4v) is 2.98. The van der Waals surface area contributed by atoms with Crippen LogP contribution in [0.25, 0.3) is 0 Å². The van der Waals surface area contributed by atoms with E-state index in [1.165, 1.54) is 41.3 Å². The number of nitro benzene ring substituents is 1. The number of rotatable bonds is 5. The Morgan fingerprint density at radius 3 is 2.28 bits per heavy atom. The van der Waals surface area contributed by atoms with Crippen molar-refractivity contribution in [3.63, 3.8) is 0 Å². The third-order valence-corrected chi connectivity index (χ3v) is 5.12. The standard InChI is InChI=1S/C17H18N2O5S/c1-12(14-5-4-6-15(11-14)19(21)22)18(2)17(20)13-7-9-16(10-8-13)25(3,23)24/h4-12H,1-3H3/t12-/m1/s1. The van der Waals surface area contributed by atoms with Gasteiger partial charge in [-0.1, -0.05) is 12.1 Å². The number of nitrogens with zero attached hydrogens (tertiary/aromatic N) is 2. The molecular weight excluding hydrogens is 344 g/mol. The van der Waals surface area contributed by atoms with Crippen LogP contribution in [-0.4, -0.2) is 37.5 Å². The molecule has 0 unspecified atom stereocenters. The number of hydrogen-bond donors (Lipinski definition) is 0. The predicted octanol–water partition coefficient (Wildman–Crippen LogP) is 2.83. The van der Waals surface area contributed by atoms with Crippen molar-refractivity contribution in [1.82, 2.24) is 4.90 Å². The van der Waals surface area contributed by atoms with Gasteiger partial charge in [0, 0.05) is 31.0 Å². The van der Waals surface area contributed by atoms with Gasteiger partial charge in [-0.25, -0.2) is 8.42 Å². The third-order valence-electron chi connectivity index (χ3n) is 3.99. The maximum Gasteiger partial charge on any atom is 0.269 e. The number of carbonyl (C=O) groups is 1. The van der Waals surface area contributed by atoms with Crippen LogP contribution < -0.4 is 0 Å². The van der Waals surface area contributed by atoms with Gasteiger partial charge in [0.1, 0.15) is 0 Å². The third kappa shape index (κ3) is 4.21. The first kappa shape index (κ1) is 18.6. The number of benzene rings is 2. The summed E-state index contributed by atoms with van der Waals surface area (Å²) in [5.74, 6) is -0.306. The molecule has 2 rings (SSSR count). The van der Waals surface area contributed by atoms with Crippen LogP contribution in [0.1, 0.15) is 28.9 Å². The minimum atomic E-state index is -3.33. The first-order chi connectivity index (χ1) is 11.6. The van der Waals surface area contributed by atoms with Gasteiger partial charge in [-0.2, -0.15) is 0 Å². The van der Waals surface area contributed by atoms with Gasteiger partial charge in [-0.15, -0.1) is 0 Å². The highest BCUT2D eigenvalue weighted by atomic mass is 32.2. The normalized spacial score (nSPS) is 12.4. The summed E-state index contributed by atoms with van der Waals surface area (Å²) in [6, 6.07) is 11.4. The van der Waals surface area contributed by atoms with Crippen LogP contribution in [0.15, 0.2) is 53.4 Å². The molecule has 0 saturated heterocycles. The quantitative estimate of drug-likeness (QED) is 0.602. The second-order valence-corrected chi connectivity index (χ2v) is 7.76. The van der Waals surface area contributed by atoms with Crippen LogP contribution >= 0.6 is 0 Å². The van der Waals surface area contributed by atoms with E-state index in [2.05, 4.69) is 0 Å². The zero-order chi connectivity index (χ0) is 18.8. The fourth-order valence-electron chi connectivity index (χ4n) is 2.35. The van der Waals surface area contributed by atoms with Gasteiger partial charge in [0.2, 0.25) is 0 Å². The van der Waals surface area contributed by atoms with Crippen LogP contribution in [0.4, 0.5) is 5.69 Å². The van der Waals surface area contributed by atoms with E-state index in [9.17, 15) is 23.3 Å². The van der Waals surface area contributed by atoms with Crippen molar-refractivity contribution in [3.8, 4) is 0 Å². The molecule has 0 spiro atoms. The summed E-state index contributed by atoms with van der Waals surface area (Å²) in [5.41, 5.74) is 0.938. The van der Waals surface area contributed by atoms with Gasteiger partial charge in [-0.05, 0) is 36.8 Å². The lowest BCUT2D eigenvalue weighted by molar-refractivity contribution is -0.384. The summed E-state index contributed by atoms with van der Waals surface area (Å²) in [6.07, 6.45) is 1.10. The van der Waals surface area contributed by atoms with Gasteiger partial charge < -0.3 is 4.90 Å². The summed E-state index contributed by atoms with van der Waals surface area (Å²) in [5, 5.41) is 10.9. The summed E-state index contributed by atoms with van der Waals surface area (Å²) in [7, 11) is -1.73. The van der Waals surface area contributed by atoms with Crippen molar-refractivity contribution in [1.29, 1.82) is 0 Å². The molecule has 2 aromatic rings. The molecule has 0 bridgehead atoms. The topological polar surface area (TPSA) is 97.6 Å². The molecule has 0 heterocycles. The van der Waals surface area contributed by atoms with Crippen LogP contribution in [0.3, 0.4) is 0 Å².